The van der Waals surface area contributed by atoms with E-state index in [1.807, 2.05) is 22.9 Å². The van der Waals surface area contributed by atoms with Gasteiger partial charge in [0.15, 0.2) is 5.96 Å². The summed E-state index contributed by atoms with van der Waals surface area (Å²) in [5, 5.41) is 12.2. The molecule has 7 nitrogen and oxygen atoms in total. The summed E-state index contributed by atoms with van der Waals surface area (Å²) in [7, 11) is 1.79. The van der Waals surface area contributed by atoms with Crippen LogP contribution < -0.4 is 10.6 Å². The van der Waals surface area contributed by atoms with Crippen LogP contribution in [0.5, 0.6) is 0 Å². The number of halogens is 1. The summed E-state index contributed by atoms with van der Waals surface area (Å²) >= 11 is 0. The molecule has 8 heteroatoms. The van der Waals surface area contributed by atoms with E-state index in [1.54, 1.807) is 13.4 Å². The number of nitrogens with one attached hydrogen (secondary N) is 2. The van der Waals surface area contributed by atoms with E-state index in [-0.39, 0.29) is 24.0 Å². The van der Waals surface area contributed by atoms with Gasteiger partial charge in [0.05, 0.1) is 6.54 Å². The van der Waals surface area contributed by atoms with Crippen LogP contribution >= 0.6 is 24.0 Å². The molecule has 1 unspecified atom stereocenters. The van der Waals surface area contributed by atoms with Gasteiger partial charge in [-0.15, -0.1) is 24.0 Å². The Hall–Kier alpha value is -2.10. The number of hydrogen-bond donors (Lipinski definition) is 2. The van der Waals surface area contributed by atoms with Crippen molar-refractivity contribution in [2.75, 3.05) is 13.6 Å². The lowest BCUT2D eigenvalue weighted by Gasteiger charge is -2.25. The van der Waals surface area contributed by atoms with Crippen molar-refractivity contribution in [1.29, 1.82) is 0 Å². The molecule has 0 fully saturated rings. The van der Waals surface area contributed by atoms with E-state index in [2.05, 4.69) is 37.8 Å². The quantitative estimate of drug-likeness (QED) is 0.351. The molecule has 4 rings (SSSR count). The lowest BCUT2D eigenvalue weighted by molar-refractivity contribution is 0.392. The molecule has 0 saturated carbocycles. The molecule has 1 aliphatic rings. The van der Waals surface area contributed by atoms with Gasteiger partial charge in [-0.25, -0.2) is 9.67 Å². The summed E-state index contributed by atoms with van der Waals surface area (Å²) < 4.78 is 7.81. The van der Waals surface area contributed by atoms with Gasteiger partial charge in [-0.1, -0.05) is 18.2 Å². The number of aliphatic imine (C=N–C) groups is 1. The van der Waals surface area contributed by atoms with Crippen molar-refractivity contribution in [2.45, 2.75) is 31.8 Å². The van der Waals surface area contributed by atoms with E-state index in [9.17, 15) is 0 Å². The molecule has 3 heterocycles. The van der Waals surface area contributed by atoms with Crippen LogP contribution in [0.1, 0.15) is 18.0 Å². The topological polar surface area (TPSA) is 80.3 Å². The van der Waals surface area contributed by atoms with Crippen molar-refractivity contribution < 1.29 is 4.42 Å². The summed E-state index contributed by atoms with van der Waals surface area (Å²) in [4.78, 5) is 8.58. The maximum absolute atomic E-state index is 5.84. The maximum atomic E-state index is 5.84. The number of benzene rings is 1. The van der Waals surface area contributed by atoms with E-state index < -0.39 is 0 Å². The average molecular weight is 466 g/mol. The Kier molecular flexibility index (Phi) is 6.12. The van der Waals surface area contributed by atoms with Crippen LogP contribution in [0.4, 0.5) is 0 Å². The lowest BCUT2D eigenvalue weighted by Crippen LogP contribution is -2.47. The second kappa shape index (κ2) is 8.52. The molecule has 1 aliphatic heterocycles. The SMILES string of the molecule is CN=C(NCCc1cc2ccccc2o1)NC1CCc2ncnn2C1.I. The molecule has 2 N–H and O–H groups in total. The molecule has 26 heavy (non-hydrogen) atoms. The fourth-order valence-electron chi connectivity index (χ4n) is 3.21. The van der Waals surface area contributed by atoms with Gasteiger partial charge in [0.1, 0.15) is 23.5 Å². The number of rotatable bonds is 4. The van der Waals surface area contributed by atoms with Gasteiger partial charge in [0.25, 0.3) is 0 Å². The summed E-state index contributed by atoms with van der Waals surface area (Å²) in [6.45, 7) is 1.58. The van der Waals surface area contributed by atoms with Gasteiger partial charge in [0.2, 0.25) is 0 Å². The highest BCUT2D eigenvalue weighted by Gasteiger charge is 2.20. The molecule has 0 saturated heterocycles. The van der Waals surface area contributed by atoms with Gasteiger partial charge in [0, 0.05) is 37.9 Å². The first-order valence-corrected chi connectivity index (χ1v) is 8.63. The molecule has 0 amide bonds. The molecule has 2 aromatic heterocycles. The predicted molar refractivity (Wildman–Crippen MR) is 112 cm³/mol. The first-order chi connectivity index (χ1) is 12.3. The Morgan fingerprint density at radius 3 is 3.12 bits per heavy atom. The normalized spacial score (nSPS) is 16.8. The molecular formula is C18H23IN6O. The minimum absolute atomic E-state index is 0. The number of aryl methyl sites for hydroxylation is 1. The van der Waals surface area contributed by atoms with Crippen LogP contribution in [0.15, 0.2) is 46.1 Å². The highest BCUT2D eigenvalue weighted by Crippen LogP contribution is 2.18. The number of nitrogens with zero attached hydrogens (tertiary/aromatic N) is 4. The minimum Gasteiger partial charge on any atom is -0.461 e. The minimum atomic E-state index is 0. The molecule has 0 radical (unpaired) electrons. The van der Waals surface area contributed by atoms with Crippen molar-refractivity contribution in [3.63, 3.8) is 0 Å². The molecular weight excluding hydrogens is 443 g/mol. The van der Waals surface area contributed by atoms with E-state index in [4.69, 9.17) is 4.42 Å². The highest BCUT2D eigenvalue weighted by molar-refractivity contribution is 14.0. The molecule has 1 aromatic carbocycles. The fraction of sp³-hybridized carbons (Fsp3) is 0.389. The Balaban J connectivity index is 0.00000196. The zero-order chi connectivity index (χ0) is 17.1. The molecule has 3 aromatic rings. The highest BCUT2D eigenvalue weighted by atomic mass is 127. The van der Waals surface area contributed by atoms with Crippen LogP contribution in [-0.4, -0.2) is 40.4 Å². The second-order valence-electron chi connectivity index (χ2n) is 6.24. The van der Waals surface area contributed by atoms with Crippen LogP contribution in [0.25, 0.3) is 11.0 Å². The van der Waals surface area contributed by atoms with Crippen LogP contribution in [0.3, 0.4) is 0 Å². The summed E-state index contributed by atoms with van der Waals surface area (Å²) in [6.07, 6.45) is 4.40. The van der Waals surface area contributed by atoms with E-state index in [1.165, 1.54) is 0 Å². The van der Waals surface area contributed by atoms with E-state index in [0.29, 0.717) is 6.04 Å². The third kappa shape index (κ3) is 4.17. The number of guanidine groups is 1. The molecule has 0 spiro atoms. The summed E-state index contributed by atoms with van der Waals surface area (Å²) in [6, 6.07) is 10.5. The number of aromatic nitrogens is 3. The zero-order valence-electron chi connectivity index (χ0n) is 14.7. The smallest absolute Gasteiger partial charge is 0.191 e. The van der Waals surface area contributed by atoms with Crippen LogP contribution in [0.2, 0.25) is 0 Å². The van der Waals surface area contributed by atoms with Gasteiger partial charge in [-0.05, 0) is 18.6 Å². The van der Waals surface area contributed by atoms with Crippen molar-refractivity contribution in [3.8, 4) is 0 Å². The Morgan fingerprint density at radius 1 is 1.38 bits per heavy atom. The Morgan fingerprint density at radius 2 is 2.27 bits per heavy atom. The molecule has 1 atom stereocenters. The number of para-hydroxylation sites is 1. The fourth-order valence-corrected chi connectivity index (χ4v) is 3.21. The number of hydrogen-bond acceptors (Lipinski definition) is 4. The number of fused-ring (bicyclic) bond motifs is 2. The monoisotopic (exact) mass is 466 g/mol. The standard InChI is InChI=1S/C18H22N6O.HI/c1-19-18(23-14-6-7-17-21-12-22-24(17)11-14)20-9-8-15-10-13-4-2-3-5-16(13)25-15;/h2-5,10,12,14H,6-9,11H2,1H3,(H2,19,20,23);1H. The molecule has 138 valence electrons. The average Bonchev–Trinajstić information content (AvgIpc) is 3.26. The molecule has 0 aliphatic carbocycles. The Labute approximate surface area is 169 Å². The van der Waals surface area contributed by atoms with Crippen molar-refractivity contribution in [3.05, 3.63) is 48.2 Å². The second-order valence-corrected chi connectivity index (χ2v) is 6.24. The maximum Gasteiger partial charge on any atom is 0.191 e. The van der Waals surface area contributed by atoms with Crippen molar-refractivity contribution in [1.82, 2.24) is 25.4 Å². The van der Waals surface area contributed by atoms with Gasteiger partial charge in [-0.2, -0.15) is 5.10 Å². The summed E-state index contributed by atoms with van der Waals surface area (Å²) in [5.74, 6) is 2.85. The van der Waals surface area contributed by atoms with E-state index in [0.717, 1.165) is 60.9 Å². The van der Waals surface area contributed by atoms with Gasteiger partial charge < -0.3 is 15.1 Å². The largest absolute Gasteiger partial charge is 0.461 e. The third-order valence-electron chi connectivity index (χ3n) is 4.51. The van der Waals surface area contributed by atoms with Gasteiger partial charge >= 0.3 is 0 Å². The summed E-state index contributed by atoms with van der Waals surface area (Å²) in [5.41, 5.74) is 0.936. The Bertz CT molecular complexity index is 854. The third-order valence-corrected chi connectivity index (χ3v) is 4.51. The van der Waals surface area contributed by atoms with E-state index >= 15 is 0 Å². The predicted octanol–water partition coefficient (Wildman–Crippen LogP) is 2.36. The van der Waals surface area contributed by atoms with Crippen LogP contribution in [0, 0.1) is 0 Å². The first-order valence-electron chi connectivity index (χ1n) is 8.63. The zero-order valence-corrected chi connectivity index (χ0v) is 17.0. The first kappa shape index (κ1) is 18.7. The number of furan rings is 1. The van der Waals surface area contributed by atoms with Gasteiger partial charge in [-0.3, -0.25) is 4.99 Å². The van der Waals surface area contributed by atoms with Crippen LogP contribution in [-0.2, 0) is 19.4 Å². The van der Waals surface area contributed by atoms with Crippen molar-refractivity contribution >= 4 is 40.9 Å². The molecule has 0 bridgehead atoms. The van der Waals surface area contributed by atoms with Crippen molar-refractivity contribution in [2.24, 2.45) is 4.99 Å². The lowest BCUT2D eigenvalue weighted by atomic mass is 10.1.